The summed E-state index contributed by atoms with van der Waals surface area (Å²) in [5.41, 5.74) is 1.42. The molecule has 2 aromatic rings. The summed E-state index contributed by atoms with van der Waals surface area (Å²) in [5.74, 6) is 2.06. The normalized spacial score (nSPS) is 17.7. The van der Waals surface area contributed by atoms with E-state index < -0.39 is 4.92 Å². The lowest BCUT2D eigenvalue weighted by Crippen LogP contribution is -2.05. The van der Waals surface area contributed by atoms with Gasteiger partial charge >= 0.3 is 5.69 Å². The van der Waals surface area contributed by atoms with Crippen molar-refractivity contribution in [2.45, 2.75) is 38.4 Å². The molecular formula is C23H29NO8. The van der Waals surface area contributed by atoms with Crippen LogP contribution in [0, 0.1) is 10.1 Å². The van der Waals surface area contributed by atoms with Crippen LogP contribution in [0.2, 0.25) is 0 Å². The Morgan fingerprint density at radius 1 is 0.875 bits per heavy atom. The molecule has 32 heavy (non-hydrogen) atoms. The van der Waals surface area contributed by atoms with Crippen molar-refractivity contribution in [2.75, 3.05) is 35.0 Å². The standard InChI is InChI=1S/C23H29NO8/c1-6-9-31-22-16(24(25)26)10-14(11-19(22)27-2)17-7-8-18(32-17)15-12-20(28-3)23(30-5)21(13-15)29-4/h10-13,17-18H,6-9H2,1-5H3. The quantitative estimate of drug-likeness (QED) is 0.370. The number of rotatable bonds is 10. The topological polar surface area (TPSA) is 98.5 Å². The molecule has 1 saturated heterocycles. The number of nitrogens with zero attached hydrogens (tertiary/aromatic N) is 1. The molecule has 0 amide bonds. The summed E-state index contributed by atoms with van der Waals surface area (Å²) in [6.45, 7) is 2.29. The summed E-state index contributed by atoms with van der Waals surface area (Å²) in [4.78, 5) is 11.2. The van der Waals surface area contributed by atoms with Crippen molar-refractivity contribution in [3.8, 4) is 28.7 Å². The summed E-state index contributed by atoms with van der Waals surface area (Å²) >= 11 is 0. The van der Waals surface area contributed by atoms with Crippen molar-refractivity contribution >= 4 is 5.69 Å². The van der Waals surface area contributed by atoms with E-state index in [1.165, 1.54) is 13.2 Å². The Kier molecular flexibility index (Phi) is 7.63. The fourth-order valence-electron chi connectivity index (χ4n) is 3.85. The lowest BCUT2D eigenvalue weighted by atomic mass is 10.0. The van der Waals surface area contributed by atoms with Gasteiger partial charge in [-0.1, -0.05) is 6.92 Å². The van der Waals surface area contributed by atoms with E-state index in [4.69, 9.17) is 28.4 Å². The third-order valence-electron chi connectivity index (χ3n) is 5.37. The SMILES string of the molecule is CCCOc1c(OC)cc(C2CCC(c3cc(OC)c(OC)c(OC)c3)O2)cc1[N+](=O)[O-]. The summed E-state index contributed by atoms with van der Waals surface area (Å²) in [7, 11) is 6.14. The Labute approximate surface area is 187 Å². The number of ether oxygens (including phenoxy) is 6. The second-order valence-corrected chi connectivity index (χ2v) is 7.33. The zero-order valence-corrected chi connectivity index (χ0v) is 19.0. The molecule has 2 unspecified atom stereocenters. The van der Waals surface area contributed by atoms with Gasteiger partial charge in [0, 0.05) is 6.07 Å². The molecule has 1 aliphatic heterocycles. The minimum atomic E-state index is -0.456. The highest BCUT2D eigenvalue weighted by Gasteiger charge is 2.32. The van der Waals surface area contributed by atoms with E-state index in [-0.39, 0.29) is 23.6 Å². The highest BCUT2D eigenvalue weighted by molar-refractivity contribution is 5.59. The van der Waals surface area contributed by atoms with Crippen LogP contribution in [-0.2, 0) is 4.74 Å². The smallest absolute Gasteiger partial charge is 0.315 e. The molecule has 9 heteroatoms. The average molecular weight is 447 g/mol. The molecule has 0 aromatic heterocycles. The Bertz CT molecular complexity index is 936. The molecule has 0 aliphatic carbocycles. The van der Waals surface area contributed by atoms with Gasteiger partial charge in [0.2, 0.25) is 11.5 Å². The molecule has 0 spiro atoms. The molecule has 0 radical (unpaired) electrons. The third kappa shape index (κ3) is 4.67. The van der Waals surface area contributed by atoms with E-state index in [2.05, 4.69) is 0 Å². The largest absolute Gasteiger partial charge is 0.493 e. The minimum absolute atomic E-state index is 0.132. The minimum Gasteiger partial charge on any atom is -0.493 e. The van der Waals surface area contributed by atoms with Gasteiger partial charge in [-0.15, -0.1) is 0 Å². The van der Waals surface area contributed by atoms with Gasteiger partial charge in [-0.05, 0) is 48.6 Å². The fraction of sp³-hybridized carbons (Fsp3) is 0.478. The van der Waals surface area contributed by atoms with Gasteiger partial charge in [0.1, 0.15) is 0 Å². The maximum absolute atomic E-state index is 11.7. The fourth-order valence-corrected chi connectivity index (χ4v) is 3.85. The average Bonchev–Trinajstić information content (AvgIpc) is 3.31. The monoisotopic (exact) mass is 447 g/mol. The molecule has 3 rings (SSSR count). The first-order valence-electron chi connectivity index (χ1n) is 10.4. The van der Waals surface area contributed by atoms with Gasteiger partial charge in [-0.2, -0.15) is 0 Å². The molecule has 1 aliphatic rings. The van der Waals surface area contributed by atoms with Crippen molar-refractivity contribution < 1.29 is 33.3 Å². The zero-order valence-electron chi connectivity index (χ0n) is 19.0. The number of nitro groups is 1. The van der Waals surface area contributed by atoms with Crippen molar-refractivity contribution in [1.82, 2.24) is 0 Å². The van der Waals surface area contributed by atoms with E-state index in [1.54, 1.807) is 27.4 Å². The van der Waals surface area contributed by atoms with E-state index >= 15 is 0 Å². The molecule has 2 aromatic carbocycles. The van der Waals surface area contributed by atoms with E-state index in [0.717, 1.165) is 18.4 Å². The second-order valence-electron chi connectivity index (χ2n) is 7.33. The summed E-state index contributed by atoms with van der Waals surface area (Å²) < 4.78 is 33.6. The molecule has 0 N–H and O–H groups in total. The molecule has 9 nitrogen and oxygen atoms in total. The van der Waals surface area contributed by atoms with E-state index in [0.29, 0.717) is 41.6 Å². The maximum atomic E-state index is 11.7. The lowest BCUT2D eigenvalue weighted by molar-refractivity contribution is -0.386. The molecular weight excluding hydrogens is 418 g/mol. The zero-order chi connectivity index (χ0) is 23.3. The van der Waals surface area contributed by atoms with E-state index in [1.807, 2.05) is 19.1 Å². The van der Waals surface area contributed by atoms with Crippen LogP contribution >= 0.6 is 0 Å². The summed E-state index contributed by atoms with van der Waals surface area (Å²) in [6.07, 6.45) is 1.59. The van der Waals surface area contributed by atoms with E-state index in [9.17, 15) is 10.1 Å². The second kappa shape index (κ2) is 10.4. The summed E-state index contributed by atoms with van der Waals surface area (Å²) in [6, 6.07) is 6.98. The number of benzene rings is 2. The predicted octanol–water partition coefficient (Wildman–Crippen LogP) is 5.01. The number of hydrogen-bond acceptors (Lipinski definition) is 8. The number of methoxy groups -OCH3 is 4. The van der Waals surface area contributed by atoms with Gasteiger partial charge in [0.25, 0.3) is 0 Å². The van der Waals surface area contributed by atoms with Gasteiger partial charge in [0.05, 0.1) is 52.2 Å². The van der Waals surface area contributed by atoms with Crippen LogP contribution in [0.1, 0.15) is 49.5 Å². The van der Waals surface area contributed by atoms with Gasteiger partial charge in [-0.3, -0.25) is 10.1 Å². The number of nitro benzene ring substituents is 1. The molecule has 0 bridgehead atoms. The van der Waals surface area contributed by atoms with Crippen LogP contribution in [0.5, 0.6) is 28.7 Å². The molecule has 1 heterocycles. The first-order chi connectivity index (χ1) is 15.5. The highest BCUT2D eigenvalue weighted by Crippen LogP contribution is 2.48. The third-order valence-corrected chi connectivity index (χ3v) is 5.37. The first-order valence-corrected chi connectivity index (χ1v) is 10.4. The van der Waals surface area contributed by atoms with Gasteiger partial charge in [0.15, 0.2) is 17.2 Å². The van der Waals surface area contributed by atoms with Crippen LogP contribution in [0.15, 0.2) is 24.3 Å². The van der Waals surface area contributed by atoms with Crippen molar-refractivity contribution in [1.29, 1.82) is 0 Å². The Morgan fingerprint density at radius 2 is 1.38 bits per heavy atom. The van der Waals surface area contributed by atoms with Crippen LogP contribution in [0.3, 0.4) is 0 Å². The van der Waals surface area contributed by atoms with Gasteiger partial charge in [-0.25, -0.2) is 0 Å². The first kappa shape index (κ1) is 23.5. The molecule has 1 fully saturated rings. The van der Waals surface area contributed by atoms with Crippen molar-refractivity contribution in [3.63, 3.8) is 0 Å². The summed E-state index contributed by atoms with van der Waals surface area (Å²) in [5, 5.41) is 11.7. The molecule has 174 valence electrons. The number of hydrogen-bond donors (Lipinski definition) is 0. The molecule has 2 atom stereocenters. The van der Waals surface area contributed by atoms with Crippen molar-refractivity contribution in [2.24, 2.45) is 0 Å². The predicted molar refractivity (Wildman–Crippen MR) is 117 cm³/mol. The Balaban J connectivity index is 1.91. The van der Waals surface area contributed by atoms with Gasteiger partial charge < -0.3 is 28.4 Å². The lowest BCUT2D eigenvalue weighted by Gasteiger charge is -2.19. The highest BCUT2D eigenvalue weighted by atomic mass is 16.6. The van der Waals surface area contributed by atoms with Crippen LogP contribution in [-0.4, -0.2) is 40.0 Å². The Morgan fingerprint density at radius 3 is 1.81 bits per heavy atom. The van der Waals surface area contributed by atoms with Crippen LogP contribution < -0.4 is 23.7 Å². The molecule has 0 saturated carbocycles. The van der Waals surface area contributed by atoms with Crippen LogP contribution in [0.25, 0.3) is 0 Å². The Hall–Kier alpha value is -3.20. The van der Waals surface area contributed by atoms with Crippen LogP contribution in [0.4, 0.5) is 5.69 Å². The van der Waals surface area contributed by atoms with Crippen molar-refractivity contribution in [3.05, 3.63) is 45.5 Å². The maximum Gasteiger partial charge on any atom is 0.315 e.